The molecule has 0 saturated carbocycles. The molecule has 4 N–H and O–H groups in total. The number of hydrazine groups is 1. The summed E-state index contributed by atoms with van der Waals surface area (Å²) in [4.78, 5) is 12.5. The quantitative estimate of drug-likeness (QED) is 0.247. The average Bonchev–Trinajstić information content (AvgIpc) is 2.59. The van der Waals surface area contributed by atoms with Crippen molar-refractivity contribution in [1.82, 2.24) is 10.4 Å². The van der Waals surface area contributed by atoms with E-state index in [2.05, 4.69) is 16.1 Å². The van der Waals surface area contributed by atoms with Gasteiger partial charge in [-0.25, -0.2) is 14.6 Å². The van der Waals surface area contributed by atoms with Crippen molar-refractivity contribution in [3.8, 4) is 5.88 Å². The number of benzene rings is 1. The number of alkyl halides is 2. The maximum absolute atomic E-state index is 13.0. The zero-order chi connectivity index (χ0) is 17.9. The molecule has 130 valence electrons. The average molecular weight is 342 g/mol. The van der Waals surface area contributed by atoms with Gasteiger partial charge in [0.15, 0.2) is 0 Å². The second-order valence-electron chi connectivity index (χ2n) is 4.30. The molecular weight excluding hydrogens is 325 g/mol. The minimum Gasteiger partial charge on any atom is -0.473 e. The summed E-state index contributed by atoms with van der Waals surface area (Å²) < 4.78 is 44.2. The highest BCUT2D eigenvalue weighted by Crippen LogP contribution is 2.29. The molecule has 0 unspecified atom stereocenters. The summed E-state index contributed by atoms with van der Waals surface area (Å²) in [6.45, 7) is -0.118. The van der Waals surface area contributed by atoms with Crippen molar-refractivity contribution in [3.05, 3.63) is 53.5 Å². The van der Waals surface area contributed by atoms with Crippen LogP contribution in [0.4, 0.5) is 18.9 Å². The van der Waals surface area contributed by atoms with Crippen LogP contribution in [0.5, 0.6) is 5.88 Å². The van der Waals surface area contributed by atoms with E-state index < -0.39 is 12.4 Å². The molecule has 0 spiro atoms. The number of amides is 1. The Bertz CT molecular complexity index is 656. The van der Waals surface area contributed by atoms with Gasteiger partial charge in [-0.2, -0.15) is 9.37 Å². The second-order valence-corrected chi connectivity index (χ2v) is 4.30. The summed E-state index contributed by atoms with van der Waals surface area (Å²) in [7, 11) is 1.63. The van der Waals surface area contributed by atoms with Crippen LogP contribution in [0.1, 0.15) is 17.6 Å². The van der Waals surface area contributed by atoms with Crippen LogP contribution in [0.2, 0.25) is 0 Å². The first-order chi connectivity index (χ1) is 11.5. The lowest BCUT2D eigenvalue weighted by Crippen LogP contribution is -2.18. The first-order valence-electron chi connectivity index (χ1n) is 6.76. The van der Waals surface area contributed by atoms with Gasteiger partial charge in [0.1, 0.15) is 6.61 Å². The summed E-state index contributed by atoms with van der Waals surface area (Å²) in [6, 6.07) is 8.63. The molecule has 2 aromatic rings. The van der Waals surface area contributed by atoms with Gasteiger partial charge in [0.2, 0.25) is 18.2 Å². The third kappa shape index (κ3) is 5.76. The number of halogens is 3. The molecule has 0 aliphatic carbocycles. The van der Waals surface area contributed by atoms with E-state index in [1.165, 1.54) is 30.3 Å². The molecule has 1 aromatic heterocycles. The van der Waals surface area contributed by atoms with Crippen LogP contribution >= 0.6 is 0 Å². The fraction of sp³-hybridized carbons (Fsp3) is 0.200. The van der Waals surface area contributed by atoms with E-state index in [1.54, 1.807) is 18.5 Å². The summed E-state index contributed by atoms with van der Waals surface area (Å²) in [6.07, 6.45) is -2.21. The summed E-state index contributed by atoms with van der Waals surface area (Å²) in [5, 5.41) is 2.83. The number of ether oxygens (including phenoxy) is 1. The van der Waals surface area contributed by atoms with Crippen molar-refractivity contribution in [2.75, 3.05) is 12.4 Å². The number of aromatic nitrogens is 1. The predicted octanol–water partition coefficient (Wildman–Crippen LogP) is 2.39. The van der Waals surface area contributed by atoms with Gasteiger partial charge in [0.05, 0.1) is 0 Å². The van der Waals surface area contributed by atoms with Crippen molar-refractivity contribution in [1.29, 1.82) is 0 Å². The van der Waals surface area contributed by atoms with Gasteiger partial charge in [-0.1, -0.05) is 18.2 Å². The second kappa shape index (κ2) is 10.1. The first-order valence-corrected chi connectivity index (χ1v) is 6.76. The minimum absolute atomic E-state index is 0.0520. The minimum atomic E-state index is -2.61. The molecule has 2 rings (SSSR count). The highest BCUT2D eigenvalue weighted by Gasteiger charge is 2.16. The van der Waals surface area contributed by atoms with Crippen molar-refractivity contribution in [3.63, 3.8) is 0 Å². The molecule has 6 nitrogen and oxygen atoms in total. The normalized spacial score (nSPS) is 9.75. The molecule has 0 atom stereocenters. The first kappa shape index (κ1) is 19.2. The maximum Gasteiger partial charge on any atom is 0.264 e. The number of nitrogens with two attached hydrogens (primary N) is 1. The number of hydrogen-bond donors (Lipinski definition) is 3. The van der Waals surface area contributed by atoms with Crippen molar-refractivity contribution in [2.24, 2.45) is 5.84 Å². The zero-order valence-electron chi connectivity index (χ0n) is 12.8. The smallest absolute Gasteiger partial charge is 0.264 e. The molecule has 0 saturated heterocycles. The number of carbonyl (C=O) groups is 1. The van der Waals surface area contributed by atoms with E-state index in [4.69, 9.17) is 9.53 Å². The Hall–Kier alpha value is -2.81. The van der Waals surface area contributed by atoms with Crippen LogP contribution in [-0.2, 0) is 11.4 Å². The summed E-state index contributed by atoms with van der Waals surface area (Å²) >= 11 is 0. The van der Waals surface area contributed by atoms with Crippen LogP contribution in [0, 0.1) is 5.95 Å². The molecule has 0 bridgehead atoms. The van der Waals surface area contributed by atoms with Gasteiger partial charge in [0, 0.05) is 29.9 Å². The summed E-state index contributed by atoms with van der Waals surface area (Å²) in [5.74, 6) is 3.78. The van der Waals surface area contributed by atoms with Gasteiger partial charge in [-0.15, -0.1) is 0 Å². The highest BCUT2D eigenvalue weighted by molar-refractivity contribution is 5.54. The lowest BCUT2D eigenvalue weighted by Gasteiger charge is -2.14. The predicted molar refractivity (Wildman–Crippen MR) is 82.9 cm³/mol. The third-order valence-corrected chi connectivity index (χ3v) is 2.84. The summed E-state index contributed by atoms with van der Waals surface area (Å²) in [5.41, 5.74) is 2.50. The van der Waals surface area contributed by atoms with Gasteiger partial charge < -0.3 is 10.1 Å². The molecule has 0 aliphatic rings. The van der Waals surface area contributed by atoms with E-state index in [-0.39, 0.29) is 18.1 Å². The number of anilines is 1. The molecule has 1 aromatic carbocycles. The third-order valence-electron chi connectivity index (χ3n) is 2.84. The van der Waals surface area contributed by atoms with E-state index in [9.17, 15) is 13.2 Å². The molecule has 0 fully saturated rings. The SMILES string of the molecule is CNc1cccc(C(F)F)c1COc1cccc(F)n1.NNC=O. The lowest BCUT2D eigenvalue weighted by atomic mass is 10.1. The Morgan fingerprint density at radius 2 is 1.96 bits per heavy atom. The van der Waals surface area contributed by atoms with Gasteiger partial charge in [0.25, 0.3) is 6.43 Å². The van der Waals surface area contributed by atoms with E-state index in [0.717, 1.165) is 0 Å². The number of pyridine rings is 1. The van der Waals surface area contributed by atoms with Gasteiger partial charge >= 0.3 is 0 Å². The molecule has 9 heteroatoms. The maximum atomic E-state index is 13.0. The Labute approximate surface area is 136 Å². The number of rotatable bonds is 6. The number of hydrogen-bond acceptors (Lipinski definition) is 5. The fourth-order valence-corrected chi connectivity index (χ4v) is 1.82. The zero-order valence-corrected chi connectivity index (χ0v) is 12.8. The number of nitrogens with one attached hydrogen (secondary N) is 2. The Balaban J connectivity index is 0.000000648. The Kier molecular flexibility index (Phi) is 8.06. The fourth-order valence-electron chi connectivity index (χ4n) is 1.82. The molecule has 24 heavy (non-hydrogen) atoms. The van der Waals surface area contributed by atoms with Crippen LogP contribution < -0.4 is 21.3 Å². The molecule has 1 amide bonds. The molecule has 0 radical (unpaired) electrons. The largest absolute Gasteiger partial charge is 0.473 e. The molecule has 1 heterocycles. The lowest BCUT2D eigenvalue weighted by molar-refractivity contribution is -0.109. The molecule has 0 aliphatic heterocycles. The topological polar surface area (TPSA) is 89.3 Å². The van der Waals surface area contributed by atoms with Gasteiger partial charge in [-0.05, 0) is 12.1 Å². The van der Waals surface area contributed by atoms with E-state index >= 15 is 0 Å². The van der Waals surface area contributed by atoms with Crippen molar-refractivity contribution >= 4 is 12.1 Å². The van der Waals surface area contributed by atoms with Crippen molar-refractivity contribution < 1.29 is 22.7 Å². The standard InChI is InChI=1S/C14H13F3N2O.CH4N2O/c1-18-11-5-2-4-9(14(16)17)10(11)8-20-13-7-3-6-12(15)19-13;2-3-1-4/h2-7,14,18H,8H2,1H3;1H,2H2,(H,3,4). The van der Waals surface area contributed by atoms with Crippen molar-refractivity contribution in [2.45, 2.75) is 13.0 Å². The van der Waals surface area contributed by atoms with Crippen LogP contribution in [0.25, 0.3) is 0 Å². The Morgan fingerprint density at radius 3 is 2.50 bits per heavy atom. The van der Waals surface area contributed by atoms with E-state index in [0.29, 0.717) is 17.7 Å². The number of carbonyl (C=O) groups excluding carboxylic acids is 1. The van der Waals surface area contributed by atoms with Crippen LogP contribution in [0.3, 0.4) is 0 Å². The molecular formula is C15H17F3N4O2. The number of nitrogens with zero attached hydrogens (tertiary/aromatic N) is 1. The van der Waals surface area contributed by atoms with Crippen LogP contribution in [-0.4, -0.2) is 18.4 Å². The van der Waals surface area contributed by atoms with E-state index in [1.807, 2.05) is 0 Å². The Morgan fingerprint density at radius 1 is 1.29 bits per heavy atom. The highest BCUT2D eigenvalue weighted by atomic mass is 19.3. The monoisotopic (exact) mass is 342 g/mol. The van der Waals surface area contributed by atoms with Crippen LogP contribution in [0.15, 0.2) is 36.4 Å². The van der Waals surface area contributed by atoms with Gasteiger partial charge in [-0.3, -0.25) is 10.2 Å².